The molecule has 200 valence electrons. The fourth-order valence-electron chi connectivity index (χ4n) is 5.66. The first-order valence-corrected chi connectivity index (χ1v) is 13.5. The molecule has 2 bridgehead atoms. The number of anilines is 1. The maximum Gasteiger partial charge on any atom is 0.343 e. The van der Waals surface area contributed by atoms with Gasteiger partial charge in [0, 0.05) is 10.0 Å². The zero-order valence-electron chi connectivity index (χ0n) is 21.0. The van der Waals surface area contributed by atoms with Crippen LogP contribution in [0, 0.1) is 23.7 Å². The maximum atomic E-state index is 13.0. The molecule has 4 unspecified atom stereocenters. The molecule has 6 rings (SSSR count). The number of fused-ring (bicyclic) bond motifs is 5. The number of Topliss-reactive ketones (excluding diaryl/α,β-unsaturated/α-hetero) is 1. The van der Waals surface area contributed by atoms with Crippen LogP contribution in [0.15, 0.2) is 89.4 Å². The minimum atomic E-state index is -0.710. The Balaban J connectivity index is 1.03. The van der Waals surface area contributed by atoms with E-state index in [0.717, 1.165) is 10.9 Å². The predicted molar refractivity (Wildman–Crippen MR) is 147 cm³/mol. The zero-order valence-corrected chi connectivity index (χ0v) is 22.6. The Kier molecular flexibility index (Phi) is 6.67. The van der Waals surface area contributed by atoms with Crippen molar-refractivity contribution in [2.24, 2.45) is 23.7 Å². The number of ether oxygens (including phenoxy) is 2. The van der Waals surface area contributed by atoms with Gasteiger partial charge in [0.2, 0.25) is 11.8 Å². The van der Waals surface area contributed by atoms with Gasteiger partial charge in [0.15, 0.2) is 12.4 Å². The van der Waals surface area contributed by atoms with Crippen molar-refractivity contribution in [1.29, 1.82) is 0 Å². The van der Waals surface area contributed by atoms with Gasteiger partial charge < -0.3 is 9.47 Å². The summed E-state index contributed by atoms with van der Waals surface area (Å²) < 4.78 is 11.3. The number of hydrogen-bond donors (Lipinski definition) is 0. The molecular formula is C31H22BrNO7. The lowest BCUT2D eigenvalue weighted by Crippen LogP contribution is -2.32. The van der Waals surface area contributed by atoms with E-state index < -0.39 is 24.3 Å². The predicted octanol–water partition coefficient (Wildman–Crippen LogP) is 5.02. The molecular weight excluding hydrogens is 578 g/mol. The summed E-state index contributed by atoms with van der Waals surface area (Å²) in [5, 5.41) is 0. The number of esters is 2. The Morgan fingerprint density at radius 1 is 0.725 bits per heavy atom. The highest BCUT2D eigenvalue weighted by Crippen LogP contribution is 2.53. The molecule has 1 saturated carbocycles. The molecule has 2 fully saturated rings. The second-order valence-corrected chi connectivity index (χ2v) is 10.9. The third-order valence-electron chi connectivity index (χ3n) is 7.63. The number of hydrogen-bond acceptors (Lipinski definition) is 7. The van der Waals surface area contributed by atoms with Crippen LogP contribution < -0.4 is 9.64 Å². The quantitative estimate of drug-likeness (QED) is 0.123. The Bertz CT molecular complexity index is 1530. The SMILES string of the molecule is O=C(COC(=O)c1ccc(N2C(=O)C3C4C=CC(C4)C3C2=O)cc1)c1ccc(OC(=O)c2ccc(Br)cc2)cc1. The highest BCUT2D eigenvalue weighted by atomic mass is 79.9. The van der Waals surface area contributed by atoms with Gasteiger partial charge in [0.1, 0.15) is 5.75 Å². The van der Waals surface area contributed by atoms with Gasteiger partial charge >= 0.3 is 11.9 Å². The van der Waals surface area contributed by atoms with Gasteiger partial charge in [-0.05, 0) is 91.1 Å². The molecule has 1 saturated heterocycles. The van der Waals surface area contributed by atoms with Crippen molar-refractivity contribution in [3.8, 4) is 5.75 Å². The van der Waals surface area contributed by atoms with E-state index in [1.54, 1.807) is 36.4 Å². The van der Waals surface area contributed by atoms with Crippen LogP contribution in [-0.4, -0.2) is 36.1 Å². The number of ketones is 1. The van der Waals surface area contributed by atoms with E-state index in [1.165, 1.54) is 41.3 Å². The lowest BCUT2D eigenvalue weighted by Gasteiger charge is -2.17. The van der Waals surface area contributed by atoms with E-state index in [4.69, 9.17) is 9.47 Å². The lowest BCUT2D eigenvalue weighted by atomic mass is 9.85. The van der Waals surface area contributed by atoms with Crippen LogP contribution in [0.4, 0.5) is 5.69 Å². The fourth-order valence-corrected chi connectivity index (χ4v) is 5.93. The maximum absolute atomic E-state index is 13.0. The third-order valence-corrected chi connectivity index (χ3v) is 8.16. The molecule has 3 aliphatic rings. The van der Waals surface area contributed by atoms with Gasteiger partial charge in [-0.1, -0.05) is 28.1 Å². The van der Waals surface area contributed by atoms with Gasteiger partial charge in [-0.3, -0.25) is 19.3 Å². The number of carbonyl (C=O) groups is 5. The van der Waals surface area contributed by atoms with Crippen molar-refractivity contribution in [3.63, 3.8) is 0 Å². The molecule has 2 aliphatic carbocycles. The summed E-state index contributed by atoms with van der Waals surface area (Å²) >= 11 is 3.31. The first-order chi connectivity index (χ1) is 19.3. The molecule has 1 heterocycles. The smallest absolute Gasteiger partial charge is 0.343 e. The Morgan fingerprint density at radius 3 is 1.85 bits per heavy atom. The molecule has 8 nitrogen and oxygen atoms in total. The van der Waals surface area contributed by atoms with E-state index >= 15 is 0 Å². The van der Waals surface area contributed by atoms with Crippen LogP contribution in [0.3, 0.4) is 0 Å². The summed E-state index contributed by atoms with van der Waals surface area (Å²) in [5.74, 6) is -2.16. The summed E-state index contributed by atoms with van der Waals surface area (Å²) in [6.07, 6.45) is 4.93. The number of benzene rings is 3. The zero-order chi connectivity index (χ0) is 28.0. The van der Waals surface area contributed by atoms with Crippen LogP contribution in [-0.2, 0) is 14.3 Å². The first-order valence-electron chi connectivity index (χ1n) is 12.7. The average molecular weight is 600 g/mol. The van der Waals surface area contributed by atoms with Crippen LogP contribution >= 0.6 is 15.9 Å². The molecule has 3 aromatic rings. The van der Waals surface area contributed by atoms with E-state index in [0.29, 0.717) is 11.3 Å². The molecule has 0 N–H and O–H groups in total. The molecule has 0 spiro atoms. The number of carbonyl (C=O) groups excluding carboxylic acids is 5. The van der Waals surface area contributed by atoms with Crippen molar-refractivity contribution in [1.82, 2.24) is 0 Å². The second-order valence-electron chi connectivity index (χ2n) is 9.98. The number of halogens is 1. The van der Waals surface area contributed by atoms with E-state index in [-0.39, 0.29) is 52.4 Å². The highest BCUT2D eigenvalue weighted by molar-refractivity contribution is 9.10. The minimum absolute atomic E-state index is 0.117. The van der Waals surface area contributed by atoms with E-state index in [1.807, 2.05) is 12.2 Å². The summed E-state index contributed by atoms with van der Waals surface area (Å²) in [6, 6.07) is 18.7. The number of allylic oxidation sites excluding steroid dienone is 2. The van der Waals surface area contributed by atoms with Gasteiger partial charge in [-0.25, -0.2) is 9.59 Å². The van der Waals surface area contributed by atoms with Crippen LogP contribution in [0.2, 0.25) is 0 Å². The largest absolute Gasteiger partial charge is 0.454 e. The van der Waals surface area contributed by atoms with E-state index in [2.05, 4.69) is 15.9 Å². The second kappa shape index (κ2) is 10.3. The van der Waals surface area contributed by atoms with Crippen molar-refractivity contribution < 1.29 is 33.4 Å². The summed E-state index contributed by atoms with van der Waals surface area (Å²) in [6.45, 7) is -0.485. The molecule has 9 heteroatoms. The van der Waals surface area contributed by atoms with Crippen molar-refractivity contribution >= 4 is 51.2 Å². The molecule has 2 amide bonds. The van der Waals surface area contributed by atoms with Gasteiger partial charge in [0.25, 0.3) is 0 Å². The monoisotopic (exact) mass is 599 g/mol. The summed E-state index contributed by atoms with van der Waals surface area (Å²) in [5.41, 5.74) is 1.27. The molecule has 4 atom stereocenters. The van der Waals surface area contributed by atoms with Gasteiger partial charge in [0.05, 0.1) is 28.7 Å². The Morgan fingerprint density at radius 2 is 1.25 bits per heavy atom. The minimum Gasteiger partial charge on any atom is -0.454 e. The van der Waals surface area contributed by atoms with Crippen LogP contribution in [0.1, 0.15) is 37.5 Å². The molecule has 0 aromatic heterocycles. The Hall–Kier alpha value is -4.37. The third kappa shape index (κ3) is 4.66. The number of amides is 2. The fraction of sp³-hybridized carbons (Fsp3) is 0.194. The van der Waals surface area contributed by atoms with Gasteiger partial charge in [-0.2, -0.15) is 0 Å². The lowest BCUT2D eigenvalue weighted by molar-refractivity contribution is -0.123. The van der Waals surface area contributed by atoms with Crippen molar-refractivity contribution in [2.45, 2.75) is 6.42 Å². The van der Waals surface area contributed by atoms with Crippen molar-refractivity contribution in [3.05, 3.63) is 106 Å². The Labute approximate surface area is 237 Å². The first kappa shape index (κ1) is 25.9. The summed E-state index contributed by atoms with van der Waals surface area (Å²) in [4.78, 5) is 64.5. The highest BCUT2D eigenvalue weighted by Gasteiger charge is 2.59. The van der Waals surface area contributed by atoms with E-state index in [9.17, 15) is 24.0 Å². The number of rotatable bonds is 7. The molecule has 0 radical (unpaired) electrons. The molecule has 1 aliphatic heterocycles. The molecule has 40 heavy (non-hydrogen) atoms. The summed E-state index contributed by atoms with van der Waals surface area (Å²) in [7, 11) is 0. The van der Waals surface area contributed by atoms with Crippen LogP contribution in [0.5, 0.6) is 5.75 Å². The topological polar surface area (TPSA) is 107 Å². The van der Waals surface area contributed by atoms with Crippen LogP contribution in [0.25, 0.3) is 0 Å². The average Bonchev–Trinajstić information content (AvgIpc) is 3.66. The standard InChI is InChI=1S/C31H22BrNO7/c32-22-9-3-19(4-10-22)31(38)40-24-13-7-17(8-14-24)25(34)16-39-30(37)18-5-11-23(12-6-18)33-28(35)26-20-1-2-21(15-20)27(26)29(33)36/h1-14,20-21,26-27H,15-16H2. The normalized spacial score (nSPS) is 22.4. The molecule has 3 aromatic carbocycles. The van der Waals surface area contributed by atoms with Crippen molar-refractivity contribution in [2.75, 3.05) is 11.5 Å². The van der Waals surface area contributed by atoms with Gasteiger partial charge in [-0.15, -0.1) is 0 Å². The number of nitrogens with zero attached hydrogens (tertiary/aromatic N) is 1. The number of imide groups is 1.